The van der Waals surface area contributed by atoms with E-state index in [1.54, 1.807) is 0 Å². The van der Waals surface area contributed by atoms with Crippen molar-refractivity contribution in [2.75, 3.05) is 0 Å². The second-order valence-electron chi connectivity index (χ2n) is 9.20. The highest BCUT2D eigenvalue weighted by Crippen LogP contribution is 2.45. The van der Waals surface area contributed by atoms with Gasteiger partial charge in [0.1, 0.15) is 11.6 Å². The van der Waals surface area contributed by atoms with Crippen molar-refractivity contribution in [1.29, 1.82) is 0 Å². The van der Waals surface area contributed by atoms with Gasteiger partial charge >= 0.3 is 0 Å². The fourth-order valence-electron chi connectivity index (χ4n) is 4.80. The second kappa shape index (κ2) is 5.34. The molecular formula is C17H30N2O4. The molecule has 2 aliphatic rings. The topological polar surface area (TPSA) is 81.1 Å². The molecule has 2 heterocycles. The standard InChI is InChI=1S/C17H30N2O4/c1-14(2)7-12(20)9-16(5,18(14)22)11-17(6)10-13(21)8-15(3,4)19(17)23/h22-23H,7-11H2,1-6H3. The van der Waals surface area contributed by atoms with Gasteiger partial charge in [-0.1, -0.05) is 0 Å². The van der Waals surface area contributed by atoms with E-state index in [0.29, 0.717) is 19.3 Å². The number of Topliss-reactive ketones (excluding diaryl/α,β-unsaturated/α-hetero) is 2. The van der Waals surface area contributed by atoms with Gasteiger partial charge in [-0.3, -0.25) is 9.59 Å². The molecule has 132 valence electrons. The van der Waals surface area contributed by atoms with Crippen molar-refractivity contribution in [2.45, 2.75) is 95.8 Å². The Bertz CT molecular complexity index is 485. The Balaban J connectivity index is 2.34. The van der Waals surface area contributed by atoms with Crippen molar-refractivity contribution in [3.05, 3.63) is 0 Å². The van der Waals surface area contributed by atoms with Gasteiger partial charge in [0.25, 0.3) is 0 Å². The monoisotopic (exact) mass is 326 g/mol. The van der Waals surface area contributed by atoms with E-state index in [-0.39, 0.29) is 24.4 Å². The van der Waals surface area contributed by atoms with Gasteiger partial charge in [-0.05, 0) is 48.0 Å². The molecule has 0 bridgehead atoms. The minimum absolute atomic E-state index is 0.0947. The molecule has 6 heteroatoms. The van der Waals surface area contributed by atoms with E-state index >= 15 is 0 Å². The summed E-state index contributed by atoms with van der Waals surface area (Å²) >= 11 is 0. The molecule has 0 aromatic rings. The molecule has 0 amide bonds. The highest BCUT2D eigenvalue weighted by molar-refractivity contribution is 5.83. The SMILES string of the molecule is CC1(C)CC(=O)CC(C)(CC2(C)CC(=O)CC(C)(C)N2O)N1O. The predicted octanol–water partition coefficient (Wildman–Crippen LogP) is 2.56. The zero-order valence-corrected chi connectivity index (χ0v) is 15.1. The average Bonchev–Trinajstić information content (AvgIpc) is 2.31. The van der Waals surface area contributed by atoms with Gasteiger partial charge in [0, 0.05) is 36.8 Å². The largest absolute Gasteiger partial charge is 0.313 e. The lowest BCUT2D eigenvalue weighted by Crippen LogP contribution is -2.67. The molecule has 0 aromatic carbocycles. The maximum absolute atomic E-state index is 12.2. The van der Waals surface area contributed by atoms with Gasteiger partial charge < -0.3 is 10.4 Å². The van der Waals surface area contributed by atoms with E-state index in [0.717, 1.165) is 0 Å². The van der Waals surface area contributed by atoms with Crippen LogP contribution in [0, 0.1) is 0 Å². The lowest BCUT2D eigenvalue weighted by atomic mass is 9.69. The summed E-state index contributed by atoms with van der Waals surface area (Å²) in [5.41, 5.74) is -2.95. The van der Waals surface area contributed by atoms with Crippen LogP contribution in [0.1, 0.15) is 73.6 Å². The molecule has 0 aromatic heterocycles. The minimum Gasteiger partial charge on any atom is -0.313 e. The van der Waals surface area contributed by atoms with Crippen LogP contribution < -0.4 is 0 Å². The lowest BCUT2D eigenvalue weighted by Gasteiger charge is -2.56. The number of piperidine rings is 2. The highest BCUT2D eigenvalue weighted by atomic mass is 16.5. The Morgan fingerprint density at radius 1 is 0.739 bits per heavy atom. The average molecular weight is 326 g/mol. The number of carbonyl (C=O) groups is 2. The Morgan fingerprint density at radius 2 is 1.04 bits per heavy atom. The Morgan fingerprint density at radius 3 is 1.35 bits per heavy atom. The Kier molecular flexibility index (Phi) is 4.30. The first-order valence-electron chi connectivity index (χ1n) is 8.24. The number of hydroxylamine groups is 4. The Labute approximate surface area is 138 Å². The molecule has 0 spiro atoms. The molecule has 0 aliphatic carbocycles. The summed E-state index contributed by atoms with van der Waals surface area (Å²) in [4.78, 5) is 24.4. The van der Waals surface area contributed by atoms with Gasteiger partial charge in [0.05, 0.1) is 11.1 Å². The molecule has 2 saturated heterocycles. The lowest BCUT2D eigenvalue weighted by molar-refractivity contribution is -0.280. The normalized spacial score (nSPS) is 38.8. The minimum atomic E-state index is -0.817. The first kappa shape index (κ1) is 18.5. The summed E-state index contributed by atoms with van der Waals surface area (Å²) < 4.78 is 0. The van der Waals surface area contributed by atoms with Crippen LogP contribution in [0.25, 0.3) is 0 Å². The van der Waals surface area contributed by atoms with Crippen LogP contribution in [0.2, 0.25) is 0 Å². The molecule has 0 radical (unpaired) electrons. The fourth-order valence-corrected chi connectivity index (χ4v) is 4.80. The highest BCUT2D eigenvalue weighted by Gasteiger charge is 2.55. The van der Waals surface area contributed by atoms with Crippen LogP contribution in [-0.4, -0.2) is 54.3 Å². The number of carbonyl (C=O) groups excluding carboxylic acids is 2. The molecular weight excluding hydrogens is 296 g/mol. The third-order valence-corrected chi connectivity index (χ3v) is 5.35. The van der Waals surface area contributed by atoms with E-state index < -0.39 is 22.2 Å². The maximum Gasteiger partial charge on any atom is 0.136 e. The van der Waals surface area contributed by atoms with Crippen LogP contribution in [0.4, 0.5) is 0 Å². The summed E-state index contributed by atoms with van der Waals surface area (Å²) in [6.45, 7) is 11.0. The first-order chi connectivity index (χ1) is 10.2. The number of rotatable bonds is 2. The van der Waals surface area contributed by atoms with Crippen molar-refractivity contribution in [2.24, 2.45) is 0 Å². The third-order valence-electron chi connectivity index (χ3n) is 5.35. The molecule has 2 unspecified atom stereocenters. The molecule has 2 N–H and O–H groups in total. The van der Waals surface area contributed by atoms with E-state index in [9.17, 15) is 20.0 Å². The molecule has 6 nitrogen and oxygen atoms in total. The van der Waals surface area contributed by atoms with Crippen molar-refractivity contribution in [3.8, 4) is 0 Å². The molecule has 2 rings (SSSR count). The first-order valence-corrected chi connectivity index (χ1v) is 8.24. The number of hydrogen-bond donors (Lipinski definition) is 2. The zero-order chi connectivity index (χ0) is 17.8. The fraction of sp³-hybridized carbons (Fsp3) is 0.882. The van der Waals surface area contributed by atoms with Crippen molar-refractivity contribution < 1.29 is 20.0 Å². The smallest absolute Gasteiger partial charge is 0.136 e. The number of nitrogens with zero attached hydrogens (tertiary/aromatic N) is 2. The van der Waals surface area contributed by atoms with Crippen molar-refractivity contribution in [3.63, 3.8) is 0 Å². The second-order valence-corrected chi connectivity index (χ2v) is 9.20. The van der Waals surface area contributed by atoms with E-state index in [1.807, 2.05) is 41.5 Å². The van der Waals surface area contributed by atoms with Crippen LogP contribution in [0.5, 0.6) is 0 Å². The van der Waals surface area contributed by atoms with E-state index in [1.165, 1.54) is 10.1 Å². The van der Waals surface area contributed by atoms with E-state index in [4.69, 9.17) is 0 Å². The van der Waals surface area contributed by atoms with Crippen LogP contribution in [0.15, 0.2) is 0 Å². The van der Waals surface area contributed by atoms with Crippen molar-refractivity contribution >= 4 is 11.6 Å². The van der Waals surface area contributed by atoms with Gasteiger partial charge in [-0.25, -0.2) is 0 Å². The van der Waals surface area contributed by atoms with E-state index in [2.05, 4.69) is 0 Å². The van der Waals surface area contributed by atoms with Gasteiger partial charge in [-0.15, -0.1) is 0 Å². The third kappa shape index (κ3) is 3.22. The zero-order valence-electron chi connectivity index (χ0n) is 15.1. The number of hydrogen-bond acceptors (Lipinski definition) is 6. The summed E-state index contributed by atoms with van der Waals surface area (Å²) in [6.07, 6.45) is 1.35. The summed E-state index contributed by atoms with van der Waals surface area (Å²) in [5, 5.41) is 23.9. The number of ketones is 2. The van der Waals surface area contributed by atoms with Gasteiger partial charge in [-0.2, -0.15) is 10.1 Å². The summed E-state index contributed by atoms with van der Waals surface area (Å²) in [6, 6.07) is 0. The molecule has 2 atom stereocenters. The maximum atomic E-state index is 12.2. The molecule has 2 fully saturated rings. The van der Waals surface area contributed by atoms with Crippen LogP contribution >= 0.6 is 0 Å². The molecule has 23 heavy (non-hydrogen) atoms. The van der Waals surface area contributed by atoms with Crippen LogP contribution in [-0.2, 0) is 9.59 Å². The molecule has 0 saturated carbocycles. The molecule has 2 aliphatic heterocycles. The predicted molar refractivity (Wildman–Crippen MR) is 85.3 cm³/mol. The van der Waals surface area contributed by atoms with Crippen molar-refractivity contribution in [1.82, 2.24) is 10.1 Å². The van der Waals surface area contributed by atoms with Gasteiger partial charge in [0.2, 0.25) is 0 Å². The summed E-state index contributed by atoms with van der Waals surface area (Å²) in [5.74, 6) is 0.189. The quantitative estimate of drug-likeness (QED) is 0.812. The van der Waals surface area contributed by atoms with Crippen LogP contribution in [0.3, 0.4) is 0 Å². The Hall–Kier alpha value is -0.820. The summed E-state index contributed by atoms with van der Waals surface area (Å²) in [7, 11) is 0. The van der Waals surface area contributed by atoms with Gasteiger partial charge in [0.15, 0.2) is 0 Å².